The third kappa shape index (κ3) is 3.47. The van der Waals surface area contributed by atoms with Crippen molar-refractivity contribution in [2.45, 2.75) is 26.2 Å². The summed E-state index contributed by atoms with van der Waals surface area (Å²) in [4.78, 5) is 23.1. The molecule has 0 aromatic heterocycles. The van der Waals surface area contributed by atoms with Crippen molar-refractivity contribution in [3.05, 3.63) is 29.3 Å². The zero-order valence-corrected chi connectivity index (χ0v) is 11.5. The van der Waals surface area contributed by atoms with E-state index in [9.17, 15) is 9.59 Å². The van der Waals surface area contributed by atoms with Crippen molar-refractivity contribution in [3.63, 3.8) is 0 Å². The molecule has 0 radical (unpaired) electrons. The molecule has 0 aliphatic carbocycles. The largest absolute Gasteiger partial charge is 0.493 e. The molecular weight excluding hydrogens is 244 g/mol. The smallest absolute Gasteiger partial charge is 0.252 e. The first-order valence-electron chi connectivity index (χ1n) is 6.33. The van der Waals surface area contributed by atoms with Crippen LogP contribution in [0.1, 0.15) is 42.1 Å². The molecule has 1 aromatic carbocycles. The fourth-order valence-corrected chi connectivity index (χ4v) is 1.98. The van der Waals surface area contributed by atoms with Gasteiger partial charge in [0, 0.05) is 7.05 Å². The molecule has 0 aliphatic rings. The molecule has 19 heavy (non-hydrogen) atoms. The number of amides is 2. The Morgan fingerprint density at radius 3 is 2.53 bits per heavy atom. The molecule has 5 heteroatoms. The molecule has 0 bridgehead atoms. The minimum absolute atomic E-state index is 0.0585. The first kappa shape index (κ1) is 15.0. The highest BCUT2D eigenvalue weighted by Gasteiger charge is 2.20. The molecule has 0 spiro atoms. The normalized spacial score (nSPS) is 11.7. The van der Waals surface area contributed by atoms with E-state index in [0.29, 0.717) is 24.3 Å². The second-order valence-electron chi connectivity index (χ2n) is 4.13. The predicted molar refractivity (Wildman–Crippen MR) is 73.2 cm³/mol. The first-order valence-corrected chi connectivity index (χ1v) is 6.33. The van der Waals surface area contributed by atoms with Crippen LogP contribution in [-0.4, -0.2) is 25.5 Å². The molecule has 1 unspecified atom stereocenters. The molecule has 0 fully saturated rings. The number of hydrogen-bond acceptors (Lipinski definition) is 3. The lowest BCUT2D eigenvalue weighted by Gasteiger charge is -2.16. The van der Waals surface area contributed by atoms with Crippen LogP contribution in [0.4, 0.5) is 0 Å². The lowest BCUT2D eigenvalue weighted by molar-refractivity contribution is -0.122. The minimum atomic E-state index is -0.539. The molecule has 5 nitrogen and oxygen atoms in total. The molecular formula is C14H20N2O3. The van der Waals surface area contributed by atoms with Gasteiger partial charge < -0.3 is 15.8 Å². The van der Waals surface area contributed by atoms with Gasteiger partial charge >= 0.3 is 0 Å². The van der Waals surface area contributed by atoms with E-state index in [1.807, 2.05) is 13.8 Å². The van der Waals surface area contributed by atoms with Gasteiger partial charge in [-0.2, -0.15) is 0 Å². The van der Waals surface area contributed by atoms with Gasteiger partial charge in [-0.3, -0.25) is 9.59 Å². The standard InChI is InChI=1S/C14H20N2O3/c1-4-10(14(18)16-3)9-6-7-11(13(15)17)12(8-9)19-5-2/h6-8,10H,4-5H2,1-3H3,(H2,15,17)(H,16,18). The number of nitrogens with one attached hydrogen (secondary N) is 1. The van der Waals surface area contributed by atoms with Crippen molar-refractivity contribution in [1.29, 1.82) is 0 Å². The molecule has 0 saturated heterocycles. The van der Waals surface area contributed by atoms with Gasteiger partial charge in [0.2, 0.25) is 5.91 Å². The summed E-state index contributed by atoms with van der Waals surface area (Å²) in [6, 6.07) is 5.06. The summed E-state index contributed by atoms with van der Waals surface area (Å²) in [5.74, 6) is -0.430. The Labute approximate surface area is 113 Å². The third-order valence-electron chi connectivity index (χ3n) is 2.94. The summed E-state index contributed by atoms with van der Waals surface area (Å²) in [6.45, 7) is 4.19. The molecule has 1 rings (SSSR count). The average Bonchev–Trinajstić information content (AvgIpc) is 2.39. The number of carbonyl (C=O) groups excluding carboxylic acids is 2. The first-order chi connectivity index (χ1) is 9.04. The molecule has 2 amide bonds. The van der Waals surface area contributed by atoms with Crippen molar-refractivity contribution in [3.8, 4) is 5.75 Å². The predicted octanol–water partition coefficient (Wildman–Crippen LogP) is 1.42. The maximum atomic E-state index is 11.8. The van der Waals surface area contributed by atoms with E-state index in [1.54, 1.807) is 25.2 Å². The highest BCUT2D eigenvalue weighted by molar-refractivity contribution is 5.96. The Morgan fingerprint density at radius 2 is 2.05 bits per heavy atom. The van der Waals surface area contributed by atoms with Crippen LogP contribution in [0.3, 0.4) is 0 Å². The van der Waals surface area contributed by atoms with Gasteiger partial charge in [-0.05, 0) is 31.0 Å². The van der Waals surface area contributed by atoms with E-state index in [-0.39, 0.29) is 11.8 Å². The average molecular weight is 264 g/mol. The topological polar surface area (TPSA) is 81.4 Å². The van der Waals surface area contributed by atoms with Crippen LogP contribution in [-0.2, 0) is 4.79 Å². The van der Waals surface area contributed by atoms with E-state index < -0.39 is 5.91 Å². The molecule has 0 saturated carbocycles. The van der Waals surface area contributed by atoms with Crippen LogP contribution in [0.5, 0.6) is 5.75 Å². The fraction of sp³-hybridized carbons (Fsp3) is 0.429. The lowest BCUT2D eigenvalue weighted by atomic mass is 9.94. The Morgan fingerprint density at radius 1 is 1.37 bits per heavy atom. The quantitative estimate of drug-likeness (QED) is 0.815. The summed E-state index contributed by atoms with van der Waals surface area (Å²) < 4.78 is 5.41. The van der Waals surface area contributed by atoms with Crippen LogP contribution in [0.2, 0.25) is 0 Å². The molecule has 104 valence electrons. The second-order valence-corrected chi connectivity index (χ2v) is 4.13. The molecule has 1 aromatic rings. The van der Waals surface area contributed by atoms with Crippen molar-refractivity contribution in [1.82, 2.24) is 5.32 Å². The number of nitrogens with two attached hydrogens (primary N) is 1. The Balaban J connectivity index is 3.19. The number of hydrogen-bond donors (Lipinski definition) is 2. The summed E-state index contributed by atoms with van der Waals surface area (Å²) in [5, 5.41) is 2.63. The van der Waals surface area contributed by atoms with Crippen molar-refractivity contribution >= 4 is 11.8 Å². The van der Waals surface area contributed by atoms with Gasteiger partial charge in [-0.25, -0.2) is 0 Å². The van der Waals surface area contributed by atoms with Gasteiger partial charge in [0.1, 0.15) is 5.75 Å². The maximum absolute atomic E-state index is 11.8. The Kier molecular flexibility index (Phi) is 5.36. The van der Waals surface area contributed by atoms with Crippen molar-refractivity contribution in [2.24, 2.45) is 5.73 Å². The van der Waals surface area contributed by atoms with Crippen molar-refractivity contribution < 1.29 is 14.3 Å². The number of likely N-dealkylation sites (N-methyl/N-ethyl adjacent to an activating group) is 1. The van der Waals surface area contributed by atoms with Crippen LogP contribution in [0.15, 0.2) is 18.2 Å². The van der Waals surface area contributed by atoms with E-state index in [0.717, 1.165) is 5.56 Å². The van der Waals surface area contributed by atoms with E-state index in [4.69, 9.17) is 10.5 Å². The maximum Gasteiger partial charge on any atom is 0.252 e. The lowest BCUT2D eigenvalue weighted by Crippen LogP contribution is -2.25. The molecule has 0 heterocycles. The number of carbonyl (C=O) groups is 2. The number of benzene rings is 1. The number of primary amides is 1. The van der Waals surface area contributed by atoms with Gasteiger partial charge in [0.25, 0.3) is 5.91 Å². The zero-order chi connectivity index (χ0) is 14.4. The van der Waals surface area contributed by atoms with Gasteiger partial charge in [-0.1, -0.05) is 13.0 Å². The van der Waals surface area contributed by atoms with E-state index in [1.165, 1.54) is 0 Å². The highest BCUT2D eigenvalue weighted by Crippen LogP contribution is 2.27. The number of rotatable bonds is 6. The molecule has 3 N–H and O–H groups in total. The van der Waals surface area contributed by atoms with Crippen LogP contribution in [0.25, 0.3) is 0 Å². The summed E-state index contributed by atoms with van der Waals surface area (Å²) in [6.07, 6.45) is 0.668. The summed E-state index contributed by atoms with van der Waals surface area (Å²) >= 11 is 0. The third-order valence-corrected chi connectivity index (χ3v) is 2.94. The highest BCUT2D eigenvalue weighted by atomic mass is 16.5. The van der Waals surface area contributed by atoms with Crippen molar-refractivity contribution in [2.75, 3.05) is 13.7 Å². The van der Waals surface area contributed by atoms with Gasteiger partial charge in [0.05, 0.1) is 18.1 Å². The van der Waals surface area contributed by atoms with Crippen LogP contribution in [0, 0.1) is 0 Å². The minimum Gasteiger partial charge on any atom is -0.493 e. The van der Waals surface area contributed by atoms with Gasteiger partial charge in [0.15, 0.2) is 0 Å². The fourth-order valence-electron chi connectivity index (χ4n) is 1.98. The Hall–Kier alpha value is -2.04. The van der Waals surface area contributed by atoms with Crippen LogP contribution >= 0.6 is 0 Å². The molecule has 1 atom stereocenters. The van der Waals surface area contributed by atoms with E-state index in [2.05, 4.69) is 5.32 Å². The SMILES string of the molecule is CCOc1cc(C(CC)C(=O)NC)ccc1C(N)=O. The van der Waals surface area contributed by atoms with Crippen LogP contribution < -0.4 is 15.8 Å². The summed E-state index contributed by atoms with van der Waals surface area (Å²) in [7, 11) is 1.60. The summed E-state index contributed by atoms with van der Waals surface area (Å²) in [5.41, 5.74) is 6.44. The van der Waals surface area contributed by atoms with E-state index >= 15 is 0 Å². The monoisotopic (exact) mass is 264 g/mol. The molecule has 0 aliphatic heterocycles. The number of ether oxygens (including phenoxy) is 1. The Bertz CT molecular complexity index is 472. The van der Waals surface area contributed by atoms with Gasteiger partial charge in [-0.15, -0.1) is 0 Å². The zero-order valence-electron chi connectivity index (χ0n) is 11.5. The second kappa shape index (κ2) is 6.78.